The summed E-state index contributed by atoms with van der Waals surface area (Å²) in [6.07, 6.45) is 1.12. The molecule has 1 aliphatic rings. The van der Waals surface area contributed by atoms with E-state index in [0.717, 1.165) is 25.2 Å². The summed E-state index contributed by atoms with van der Waals surface area (Å²) in [6, 6.07) is 8.29. The van der Waals surface area contributed by atoms with Gasteiger partial charge in [0.2, 0.25) is 5.91 Å². The van der Waals surface area contributed by atoms with E-state index in [-0.39, 0.29) is 5.91 Å². The molecule has 1 amide bonds. The highest BCUT2D eigenvalue weighted by molar-refractivity contribution is 5.92. The largest absolute Gasteiger partial charge is 0.325 e. The molecule has 1 fully saturated rings. The fourth-order valence-corrected chi connectivity index (χ4v) is 2.18. The van der Waals surface area contributed by atoms with E-state index in [4.69, 9.17) is 0 Å². The molecule has 0 aromatic heterocycles. The van der Waals surface area contributed by atoms with Gasteiger partial charge in [0.1, 0.15) is 0 Å². The lowest BCUT2D eigenvalue weighted by Gasteiger charge is -2.12. The zero-order valence-electron chi connectivity index (χ0n) is 11.1. The molecular formula is C14H21N3O. The number of carbonyl (C=O) groups is 1. The van der Waals surface area contributed by atoms with Crippen molar-refractivity contribution in [2.45, 2.75) is 19.4 Å². The first-order valence-corrected chi connectivity index (χ1v) is 6.42. The van der Waals surface area contributed by atoms with Crippen molar-refractivity contribution in [3.05, 3.63) is 29.8 Å². The molecule has 2 rings (SSSR count). The average molecular weight is 247 g/mol. The Hall–Kier alpha value is -1.39. The molecule has 18 heavy (non-hydrogen) atoms. The fraction of sp³-hybridized carbons (Fsp3) is 0.500. The molecule has 2 N–H and O–H groups in total. The molecule has 0 aliphatic carbocycles. The van der Waals surface area contributed by atoms with Gasteiger partial charge in [-0.3, -0.25) is 4.79 Å². The lowest BCUT2D eigenvalue weighted by Crippen LogP contribution is -2.37. The molecule has 1 heterocycles. The summed E-state index contributed by atoms with van der Waals surface area (Å²) in [5, 5.41) is 6.18. The van der Waals surface area contributed by atoms with Crippen molar-refractivity contribution in [1.82, 2.24) is 10.2 Å². The first-order valence-electron chi connectivity index (χ1n) is 6.42. The standard InChI is InChI=1S/C14H21N3O/c1-11-3-5-12(6-4-11)16-14(18)9-15-13-7-8-17(2)10-13/h3-6,13,15H,7-10H2,1-2H3,(H,16,18). The van der Waals surface area contributed by atoms with E-state index in [2.05, 4.69) is 22.6 Å². The van der Waals surface area contributed by atoms with Crippen LogP contribution < -0.4 is 10.6 Å². The maximum Gasteiger partial charge on any atom is 0.238 e. The summed E-state index contributed by atoms with van der Waals surface area (Å²) < 4.78 is 0. The van der Waals surface area contributed by atoms with Gasteiger partial charge in [0.25, 0.3) is 0 Å². The molecule has 0 spiro atoms. The Balaban J connectivity index is 1.73. The van der Waals surface area contributed by atoms with Crippen LogP contribution in [0.2, 0.25) is 0 Å². The predicted octanol–water partition coefficient (Wildman–Crippen LogP) is 1.23. The van der Waals surface area contributed by atoms with E-state index in [1.165, 1.54) is 5.56 Å². The third-order valence-corrected chi connectivity index (χ3v) is 3.28. The topological polar surface area (TPSA) is 44.4 Å². The Labute approximate surface area is 108 Å². The van der Waals surface area contributed by atoms with Crippen LogP contribution in [0.1, 0.15) is 12.0 Å². The van der Waals surface area contributed by atoms with Crippen LogP contribution in [0.3, 0.4) is 0 Å². The lowest BCUT2D eigenvalue weighted by atomic mass is 10.2. The highest BCUT2D eigenvalue weighted by Crippen LogP contribution is 2.08. The highest BCUT2D eigenvalue weighted by Gasteiger charge is 2.19. The predicted molar refractivity (Wildman–Crippen MR) is 73.7 cm³/mol. The van der Waals surface area contributed by atoms with Gasteiger partial charge >= 0.3 is 0 Å². The van der Waals surface area contributed by atoms with Crippen LogP contribution in [0.25, 0.3) is 0 Å². The van der Waals surface area contributed by atoms with Crippen LogP contribution in [-0.2, 0) is 4.79 Å². The summed E-state index contributed by atoms with van der Waals surface area (Å²) in [5.74, 6) is 0.0217. The van der Waals surface area contributed by atoms with Crippen LogP contribution in [0.15, 0.2) is 24.3 Å². The fourth-order valence-electron chi connectivity index (χ4n) is 2.18. The second-order valence-corrected chi connectivity index (χ2v) is 5.04. The van der Waals surface area contributed by atoms with Crippen LogP contribution in [0.4, 0.5) is 5.69 Å². The van der Waals surface area contributed by atoms with E-state index in [0.29, 0.717) is 12.6 Å². The number of likely N-dealkylation sites (N-methyl/N-ethyl adjacent to an activating group) is 1. The van der Waals surface area contributed by atoms with Crippen molar-refractivity contribution in [3.8, 4) is 0 Å². The molecule has 1 aliphatic heterocycles. The molecule has 0 radical (unpaired) electrons. The minimum Gasteiger partial charge on any atom is -0.325 e. The molecule has 1 aromatic rings. The quantitative estimate of drug-likeness (QED) is 0.841. The monoisotopic (exact) mass is 247 g/mol. The Morgan fingerprint density at radius 2 is 2.11 bits per heavy atom. The number of nitrogens with zero attached hydrogens (tertiary/aromatic N) is 1. The molecule has 0 saturated carbocycles. The Bertz CT molecular complexity index is 402. The zero-order valence-corrected chi connectivity index (χ0v) is 11.1. The maximum absolute atomic E-state index is 11.7. The normalized spacial score (nSPS) is 20.0. The van der Waals surface area contributed by atoms with Crippen LogP contribution >= 0.6 is 0 Å². The third-order valence-electron chi connectivity index (χ3n) is 3.28. The second kappa shape index (κ2) is 5.98. The van der Waals surface area contributed by atoms with Crippen molar-refractivity contribution in [2.24, 2.45) is 0 Å². The Morgan fingerprint density at radius 3 is 2.72 bits per heavy atom. The number of benzene rings is 1. The maximum atomic E-state index is 11.7. The smallest absolute Gasteiger partial charge is 0.238 e. The zero-order chi connectivity index (χ0) is 13.0. The van der Waals surface area contributed by atoms with Crippen molar-refractivity contribution in [1.29, 1.82) is 0 Å². The minimum atomic E-state index is 0.0217. The summed E-state index contributed by atoms with van der Waals surface area (Å²) in [7, 11) is 2.11. The van der Waals surface area contributed by atoms with Gasteiger partial charge in [0.15, 0.2) is 0 Å². The molecule has 4 nitrogen and oxygen atoms in total. The molecule has 1 atom stereocenters. The van der Waals surface area contributed by atoms with Crippen LogP contribution in [0.5, 0.6) is 0 Å². The SMILES string of the molecule is Cc1ccc(NC(=O)CNC2CCN(C)C2)cc1. The van der Waals surface area contributed by atoms with Gasteiger partial charge in [0.05, 0.1) is 6.54 Å². The van der Waals surface area contributed by atoms with E-state index in [1.54, 1.807) is 0 Å². The summed E-state index contributed by atoms with van der Waals surface area (Å²) in [5.41, 5.74) is 2.05. The summed E-state index contributed by atoms with van der Waals surface area (Å²) >= 11 is 0. The number of amides is 1. The molecule has 1 aromatic carbocycles. The molecule has 4 heteroatoms. The average Bonchev–Trinajstić information content (AvgIpc) is 2.76. The lowest BCUT2D eigenvalue weighted by molar-refractivity contribution is -0.115. The molecule has 1 saturated heterocycles. The summed E-state index contributed by atoms with van der Waals surface area (Å²) in [6.45, 7) is 4.55. The van der Waals surface area contributed by atoms with Crippen molar-refractivity contribution < 1.29 is 4.79 Å². The molecule has 1 unspecified atom stereocenters. The van der Waals surface area contributed by atoms with Crippen molar-refractivity contribution in [3.63, 3.8) is 0 Å². The van der Waals surface area contributed by atoms with Gasteiger partial charge in [-0.1, -0.05) is 17.7 Å². The van der Waals surface area contributed by atoms with E-state index in [9.17, 15) is 4.79 Å². The van der Waals surface area contributed by atoms with Gasteiger partial charge in [-0.05, 0) is 39.1 Å². The number of aryl methyl sites for hydroxylation is 1. The van der Waals surface area contributed by atoms with Gasteiger partial charge in [-0.2, -0.15) is 0 Å². The molecule has 98 valence electrons. The third kappa shape index (κ3) is 3.82. The molecular weight excluding hydrogens is 226 g/mol. The molecule has 0 bridgehead atoms. The number of carbonyl (C=O) groups excluding carboxylic acids is 1. The Morgan fingerprint density at radius 1 is 1.39 bits per heavy atom. The number of anilines is 1. The van der Waals surface area contributed by atoms with Crippen molar-refractivity contribution in [2.75, 3.05) is 32.0 Å². The Kier molecular flexibility index (Phi) is 4.33. The van der Waals surface area contributed by atoms with Crippen LogP contribution in [-0.4, -0.2) is 43.5 Å². The number of likely N-dealkylation sites (tertiary alicyclic amines) is 1. The second-order valence-electron chi connectivity index (χ2n) is 5.04. The minimum absolute atomic E-state index is 0.0217. The van der Waals surface area contributed by atoms with Crippen molar-refractivity contribution >= 4 is 11.6 Å². The number of hydrogen-bond donors (Lipinski definition) is 2. The van der Waals surface area contributed by atoms with Gasteiger partial charge in [-0.15, -0.1) is 0 Å². The van der Waals surface area contributed by atoms with Crippen LogP contribution in [0, 0.1) is 6.92 Å². The first kappa shape index (κ1) is 13.1. The van der Waals surface area contributed by atoms with Gasteiger partial charge in [-0.25, -0.2) is 0 Å². The summed E-state index contributed by atoms with van der Waals surface area (Å²) in [4.78, 5) is 14.0. The van der Waals surface area contributed by atoms with E-state index in [1.807, 2.05) is 31.2 Å². The number of nitrogens with one attached hydrogen (secondary N) is 2. The first-order chi connectivity index (χ1) is 8.63. The van der Waals surface area contributed by atoms with E-state index < -0.39 is 0 Å². The number of hydrogen-bond acceptors (Lipinski definition) is 3. The highest BCUT2D eigenvalue weighted by atomic mass is 16.1. The van der Waals surface area contributed by atoms with E-state index >= 15 is 0 Å². The number of rotatable bonds is 4. The van der Waals surface area contributed by atoms with Gasteiger partial charge < -0.3 is 15.5 Å². The van der Waals surface area contributed by atoms with Gasteiger partial charge in [0, 0.05) is 18.3 Å².